The Kier molecular flexibility index (Phi) is 4.40. The molecule has 0 amide bonds. The van der Waals surface area contributed by atoms with E-state index in [0.29, 0.717) is 0 Å². The zero-order valence-corrected chi connectivity index (χ0v) is 14.2. The van der Waals surface area contributed by atoms with Gasteiger partial charge in [0, 0.05) is 0 Å². The average molecular weight is 227 g/mol. The smallest absolute Gasteiger partial charge is 0.312 e. The molecule has 0 bridgehead atoms. The number of hydrogen-bond acceptors (Lipinski definition) is 3. The fourth-order valence-electron chi connectivity index (χ4n) is 0.675. The van der Waals surface area contributed by atoms with Crippen LogP contribution in [-0.4, -0.2) is 38.1 Å². The van der Waals surface area contributed by atoms with Crippen LogP contribution >= 0.6 is 0 Å². The van der Waals surface area contributed by atoms with Gasteiger partial charge in [-0.05, 0) is 26.2 Å². The summed E-state index contributed by atoms with van der Waals surface area (Å²) in [6, 6.07) is 0. The van der Waals surface area contributed by atoms with Crippen molar-refractivity contribution in [3.63, 3.8) is 0 Å². The maximum absolute atomic E-state index is 5.83. The first-order chi connectivity index (χ1) is 4.83. The number of rotatable bonds is 4. The van der Waals surface area contributed by atoms with Gasteiger partial charge in [0.25, 0.3) is 0 Å². The van der Waals surface area contributed by atoms with Crippen LogP contribution in [0, 0.1) is 0 Å². The molecule has 0 aromatic carbocycles. The first-order valence-corrected chi connectivity index (χ1v) is 10.9. The Morgan fingerprint density at radius 2 is 1.09 bits per heavy atom. The molecule has 0 spiro atoms. The lowest BCUT2D eigenvalue weighted by molar-refractivity contribution is 0.353. The second-order valence-electron chi connectivity index (χ2n) is 3.31. The van der Waals surface area contributed by atoms with Gasteiger partial charge < -0.3 is 12.3 Å². The zero-order chi connectivity index (χ0) is 9.12. The van der Waals surface area contributed by atoms with E-state index in [2.05, 4.69) is 26.2 Å². The van der Waals surface area contributed by atoms with E-state index in [0.717, 1.165) is 21.0 Å². The summed E-state index contributed by atoms with van der Waals surface area (Å²) in [5, 5.41) is 0. The van der Waals surface area contributed by atoms with Crippen LogP contribution in [-0.2, 0) is 12.3 Å². The highest BCUT2D eigenvalue weighted by molar-refractivity contribution is 6.80. The van der Waals surface area contributed by atoms with Gasteiger partial charge in [-0.3, -0.25) is 0 Å². The summed E-state index contributed by atoms with van der Waals surface area (Å²) in [7, 11) is -2.11. The highest BCUT2D eigenvalue weighted by atomic mass is 28.5. The van der Waals surface area contributed by atoms with E-state index in [1.807, 2.05) is 0 Å². The summed E-state index contributed by atoms with van der Waals surface area (Å²) >= 11 is 0. The van der Waals surface area contributed by atoms with Gasteiger partial charge in [-0.1, -0.05) is 0 Å². The molecular weight excluding hydrogens is 208 g/mol. The molecule has 0 aliphatic carbocycles. The molecule has 0 aliphatic rings. The molecule has 0 fully saturated rings. The average Bonchev–Trinajstić information content (AvgIpc) is 1.86. The van der Waals surface area contributed by atoms with Crippen molar-refractivity contribution < 1.29 is 12.3 Å². The van der Waals surface area contributed by atoms with Crippen molar-refractivity contribution in [2.45, 2.75) is 26.2 Å². The topological polar surface area (TPSA) is 27.7 Å². The maximum Gasteiger partial charge on any atom is 0.312 e. The monoisotopic (exact) mass is 226 g/mol. The Bertz CT molecular complexity index is 113. The Balaban J connectivity index is 4.02. The second-order valence-corrected chi connectivity index (χ2v) is 13.0. The molecule has 0 aromatic rings. The molecule has 0 atom stereocenters. The van der Waals surface area contributed by atoms with E-state index < -0.39 is 17.1 Å². The Morgan fingerprint density at radius 1 is 0.818 bits per heavy atom. The van der Waals surface area contributed by atoms with Gasteiger partial charge >= 0.3 is 17.1 Å². The Labute approximate surface area is 77.0 Å². The van der Waals surface area contributed by atoms with Crippen molar-refractivity contribution in [1.29, 1.82) is 0 Å². The summed E-state index contributed by atoms with van der Waals surface area (Å²) in [4.78, 5) is 0. The van der Waals surface area contributed by atoms with Gasteiger partial charge in [0.15, 0.2) is 0 Å². The molecule has 7 heteroatoms. The van der Waals surface area contributed by atoms with Crippen molar-refractivity contribution in [2.24, 2.45) is 0 Å². The maximum atomic E-state index is 5.83. The van der Waals surface area contributed by atoms with Crippen molar-refractivity contribution >= 4 is 38.1 Å². The Hall–Kier alpha value is 0.748. The zero-order valence-electron chi connectivity index (χ0n) is 8.22. The minimum absolute atomic E-state index is 0.758. The van der Waals surface area contributed by atoms with Crippen LogP contribution in [0.15, 0.2) is 0 Å². The van der Waals surface area contributed by atoms with Crippen LogP contribution in [0.2, 0.25) is 26.2 Å². The van der Waals surface area contributed by atoms with Crippen LogP contribution < -0.4 is 0 Å². The summed E-state index contributed by atoms with van der Waals surface area (Å²) in [6.07, 6.45) is 0. The third-order valence-electron chi connectivity index (χ3n) is 1.47. The van der Waals surface area contributed by atoms with Crippen LogP contribution in [0.4, 0.5) is 0 Å². The molecule has 0 aliphatic heterocycles. The van der Waals surface area contributed by atoms with E-state index in [-0.39, 0.29) is 0 Å². The van der Waals surface area contributed by atoms with Gasteiger partial charge in [-0.2, -0.15) is 0 Å². The SMILES string of the molecule is C[Si](C)(O[SiH3])O[Si](C)(C)O[SiH3]. The summed E-state index contributed by atoms with van der Waals surface area (Å²) in [5.74, 6) is 0. The molecule has 0 N–H and O–H groups in total. The molecule has 0 unspecified atom stereocenters. The predicted molar refractivity (Wildman–Crippen MR) is 58.1 cm³/mol. The highest BCUT2D eigenvalue weighted by Gasteiger charge is 2.33. The minimum Gasteiger partial charge on any atom is -0.445 e. The molecule has 0 saturated heterocycles. The third-order valence-corrected chi connectivity index (χ3v) is 13.3. The molecule has 0 rings (SSSR count). The second kappa shape index (κ2) is 4.12. The lowest BCUT2D eigenvalue weighted by Crippen LogP contribution is -2.47. The van der Waals surface area contributed by atoms with E-state index in [1.165, 1.54) is 0 Å². The van der Waals surface area contributed by atoms with Crippen molar-refractivity contribution in [3.8, 4) is 0 Å². The predicted octanol–water partition coefficient (Wildman–Crippen LogP) is -0.999. The van der Waals surface area contributed by atoms with Crippen molar-refractivity contribution in [3.05, 3.63) is 0 Å². The van der Waals surface area contributed by atoms with Crippen LogP contribution in [0.1, 0.15) is 0 Å². The lowest BCUT2D eigenvalue weighted by atomic mass is 11.9. The molecule has 0 saturated carbocycles. The summed E-state index contributed by atoms with van der Waals surface area (Å²) in [6.45, 7) is 8.26. The summed E-state index contributed by atoms with van der Waals surface area (Å²) in [5.41, 5.74) is 0. The van der Waals surface area contributed by atoms with Gasteiger partial charge in [0.05, 0.1) is 0 Å². The highest BCUT2D eigenvalue weighted by Crippen LogP contribution is 2.14. The molecule has 0 heterocycles. The van der Waals surface area contributed by atoms with Gasteiger partial charge in [0.2, 0.25) is 0 Å². The molecule has 0 radical (unpaired) electrons. The van der Waals surface area contributed by atoms with Crippen LogP contribution in [0.3, 0.4) is 0 Å². The van der Waals surface area contributed by atoms with Crippen LogP contribution in [0.25, 0.3) is 0 Å². The molecule has 11 heavy (non-hydrogen) atoms. The standard InChI is InChI=1S/C4H18O3Si4/c1-10(2,5-8)7-11(3,4)6-9/h1-4,8-9H3. The lowest BCUT2D eigenvalue weighted by Gasteiger charge is -2.31. The van der Waals surface area contributed by atoms with Gasteiger partial charge in [-0.25, -0.2) is 0 Å². The Morgan fingerprint density at radius 3 is 1.27 bits per heavy atom. The van der Waals surface area contributed by atoms with Crippen molar-refractivity contribution in [2.75, 3.05) is 0 Å². The van der Waals surface area contributed by atoms with Crippen molar-refractivity contribution in [1.82, 2.24) is 0 Å². The largest absolute Gasteiger partial charge is 0.445 e. The molecule has 0 aromatic heterocycles. The fourth-order valence-corrected chi connectivity index (χ4v) is 7.58. The fraction of sp³-hybridized carbons (Fsp3) is 1.00. The van der Waals surface area contributed by atoms with E-state index in [4.69, 9.17) is 12.3 Å². The molecule has 3 nitrogen and oxygen atoms in total. The van der Waals surface area contributed by atoms with E-state index in [9.17, 15) is 0 Å². The quantitative estimate of drug-likeness (QED) is 0.576. The van der Waals surface area contributed by atoms with Gasteiger partial charge in [-0.15, -0.1) is 0 Å². The minimum atomic E-state index is -1.81. The van der Waals surface area contributed by atoms with E-state index >= 15 is 0 Å². The normalized spacial score (nSPS) is 14.2. The molecular formula is C4H18O3Si4. The van der Waals surface area contributed by atoms with Crippen LogP contribution in [0.5, 0.6) is 0 Å². The number of hydrogen-bond donors (Lipinski definition) is 0. The first kappa shape index (κ1) is 11.7. The van der Waals surface area contributed by atoms with E-state index in [1.54, 1.807) is 0 Å². The summed E-state index contributed by atoms with van der Waals surface area (Å²) < 4.78 is 16.6. The van der Waals surface area contributed by atoms with Gasteiger partial charge in [0.1, 0.15) is 21.0 Å². The third kappa shape index (κ3) is 5.06. The first-order valence-electron chi connectivity index (χ1n) is 3.63. The molecule has 68 valence electrons.